The summed E-state index contributed by atoms with van der Waals surface area (Å²) >= 11 is 0. The number of aliphatic hydroxyl groups is 1. The van der Waals surface area contributed by atoms with Crippen LogP contribution in [0.15, 0.2) is 30.3 Å². The highest BCUT2D eigenvalue weighted by atomic mass is 16.6. The van der Waals surface area contributed by atoms with E-state index < -0.39 is 23.8 Å². The zero-order valence-electron chi connectivity index (χ0n) is 13.4. The van der Waals surface area contributed by atoms with E-state index in [0.717, 1.165) is 5.56 Å². The molecular formula is C15H21N5O3. The number of carbonyl (C=O) groups excluding carboxylic acids is 1. The molecule has 0 saturated heterocycles. The number of hydrogen-bond acceptors (Lipinski definition) is 6. The number of alkyl carbamates (subject to hydrolysis) is 1. The Bertz CT molecular complexity index is 610. The number of ether oxygens (including phenoxy) is 1. The SMILES string of the molecule is CC(C)(C)OC(=O)NC(Cc1ccccc1)C(O)c1nnn[nH]1. The number of benzene rings is 1. The number of aromatic nitrogens is 4. The first-order chi connectivity index (χ1) is 10.8. The minimum absolute atomic E-state index is 0.182. The van der Waals surface area contributed by atoms with Crippen LogP contribution in [0.5, 0.6) is 0 Å². The van der Waals surface area contributed by atoms with Crippen molar-refractivity contribution < 1.29 is 14.6 Å². The summed E-state index contributed by atoms with van der Waals surface area (Å²) in [7, 11) is 0. The Morgan fingerprint density at radius 1 is 1.35 bits per heavy atom. The molecule has 2 atom stereocenters. The Balaban J connectivity index is 2.12. The molecule has 1 heterocycles. The molecule has 0 aliphatic carbocycles. The van der Waals surface area contributed by atoms with Crippen molar-refractivity contribution in [1.29, 1.82) is 0 Å². The van der Waals surface area contributed by atoms with Gasteiger partial charge in [0.1, 0.15) is 11.7 Å². The van der Waals surface area contributed by atoms with Crippen molar-refractivity contribution in [2.45, 2.75) is 44.9 Å². The molecule has 2 rings (SSSR count). The fourth-order valence-corrected chi connectivity index (χ4v) is 2.05. The van der Waals surface area contributed by atoms with Crippen LogP contribution in [0, 0.1) is 0 Å². The van der Waals surface area contributed by atoms with Crippen LogP contribution in [0.2, 0.25) is 0 Å². The van der Waals surface area contributed by atoms with Gasteiger partial charge in [0.15, 0.2) is 5.82 Å². The van der Waals surface area contributed by atoms with Crippen molar-refractivity contribution in [3.63, 3.8) is 0 Å². The molecule has 1 aromatic carbocycles. The molecule has 0 aliphatic rings. The molecule has 2 aromatic rings. The fraction of sp³-hybridized carbons (Fsp3) is 0.467. The van der Waals surface area contributed by atoms with Crippen LogP contribution in [-0.4, -0.2) is 43.5 Å². The molecule has 0 radical (unpaired) electrons. The van der Waals surface area contributed by atoms with Gasteiger partial charge in [0.25, 0.3) is 0 Å². The van der Waals surface area contributed by atoms with E-state index in [4.69, 9.17) is 4.74 Å². The van der Waals surface area contributed by atoms with Gasteiger partial charge >= 0.3 is 6.09 Å². The lowest BCUT2D eigenvalue weighted by atomic mass is 10.0. The van der Waals surface area contributed by atoms with Crippen LogP contribution in [0.25, 0.3) is 0 Å². The predicted octanol–water partition coefficient (Wildman–Crippen LogP) is 1.37. The van der Waals surface area contributed by atoms with Gasteiger partial charge < -0.3 is 15.2 Å². The normalized spacial score (nSPS) is 14.1. The van der Waals surface area contributed by atoms with Crippen LogP contribution in [0.4, 0.5) is 4.79 Å². The summed E-state index contributed by atoms with van der Waals surface area (Å²) in [6.07, 6.45) is -1.29. The zero-order chi connectivity index (χ0) is 16.9. The van der Waals surface area contributed by atoms with Crippen molar-refractivity contribution >= 4 is 6.09 Å². The zero-order valence-corrected chi connectivity index (χ0v) is 13.4. The van der Waals surface area contributed by atoms with Crippen LogP contribution in [0.1, 0.15) is 38.3 Å². The number of amides is 1. The quantitative estimate of drug-likeness (QED) is 0.767. The van der Waals surface area contributed by atoms with E-state index in [9.17, 15) is 9.90 Å². The van der Waals surface area contributed by atoms with Gasteiger partial charge in [-0.1, -0.05) is 30.3 Å². The minimum Gasteiger partial charge on any atom is -0.444 e. The maximum absolute atomic E-state index is 12.0. The van der Waals surface area contributed by atoms with Crippen molar-refractivity contribution in [3.05, 3.63) is 41.7 Å². The second-order valence-corrected chi connectivity index (χ2v) is 6.17. The molecule has 124 valence electrons. The lowest BCUT2D eigenvalue weighted by molar-refractivity contribution is 0.0412. The number of rotatable bonds is 5. The third-order valence-electron chi connectivity index (χ3n) is 3.02. The Morgan fingerprint density at radius 2 is 2.04 bits per heavy atom. The average Bonchev–Trinajstić information content (AvgIpc) is 2.99. The third-order valence-corrected chi connectivity index (χ3v) is 3.02. The van der Waals surface area contributed by atoms with Crippen molar-refractivity contribution in [1.82, 2.24) is 25.9 Å². The van der Waals surface area contributed by atoms with Crippen LogP contribution in [0.3, 0.4) is 0 Å². The molecule has 0 fully saturated rings. The average molecular weight is 319 g/mol. The Kier molecular flexibility index (Phi) is 5.28. The van der Waals surface area contributed by atoms with Crippen molar-refractivity contribution in [2.24, 2.45) is 0 Å². The summed E-state index contributed by atoms with van der Waals surface area (Å²) in [6, 6.07) is 8.87. The van der Waals surface area contributed by atoms with E-state index in [0.29, 0.717) is 6.42 Å². The summed E-state index contributed by atoms with van der Waals surface area (Å²) in [5, 5.41) is 26.2. The molecular weight excluding hydrogens is 298 g/mol. The standard InChI is InChI=1S/C15H21N5O3/c1-15(2,3)23-14(22)16-11(9-10-7-5-4-6-8-10)12(21)13-17-19-20-18-13/h4-8,11-12,21H,9H2,1-3H3,(H,16,22)(H,17,18,19,20). The molecule has 0 spiro atoms. The van der Waals surface area contributed by atoms with Crippen LogP contribution in [-0.2, 0) is 11.2 Å². The van der Waals surface area contributed by atoms with Gasteiger partial charge in [0.2, 0.25) is 0 Å². The first-order valence-electron chi connectivity index (χ1n) is 7.30. The number of H-pyrrole nitrogens is 1. The Labute approximate surface area is 134 Å². The summed E-state index contributed by atoms with van der Waals surface area (Å²) in [5.74, 6) is 0.182. The van der Waals surface area contributed by atoms with E-state index >= 15 is 0 Å². The van der Waals surface area contributed by atoms with Gasteiger partial charge in [-0.3, -0.25) is 0 Å². The highest BCUT2D eigenvalue weighted by Crippen LogP contribution is 2.17. The van der Waals surface area contributed by atoms with E-state index in [-0.39, 0.29) is 5.82 Å². The molecule has 0 bridgehead atoms. The lowest BCUT2D eigenvalue weighted by Crippen LogP contribution is -2.43. The highest BCUT2D eigenvalue weighted by molar-refractivity contribution is 5.68. The number of carbonyl (C=O) groups is 1. The molecule has 3 N–H and O–H groups in total. The second-order valence-electron chi connectivity index (χ2n) is 6.17. The smallest absolute Gasteiger partial charge is 0.407 e. The minimum atomic E-state index is -1.09. The molecule has 2 unspecified atom stereocenters. The molecule has 23 heavy (non-hydrogen) atoms. The predicted molar refractivity (Wildman–Crippen MR) is 82.4 cm³/mol. The summed E-state index contributed by atoms with van der Waals surface area (Å²) in [5.41, 5.74) is 0.334. The largest absolute Gasteiger partial charge is 0.444 e. The van der Waals surface area contributed by atoms with E-state index in [1.807, 2.05) is 30.3 Å². The monoisotopic (exact) mass is 319 g/mol. The number of hydrogen-bond donors (Lipinski definition) is 3. The fourth-order valence-electron chi connectivity index (χ4n) is 2.05. The molecule has 1 aromatic heterocycles. The molecule has 0 saturated carbocycles. The van der Waals surface area contributed by atoms with Crippen LogP contribution < -0.4 is 5.32 Å². The third kappa shape index (κ3) is 5.33. The lowest BCUT2D eigenvalue weighted by Gasteiger charge is -2.25. The summed E-state index contributed by atoms with van der Waals surface area (Å²) in [4.78, 5) is 12.0. The Hall–Kier alpha value is -2.48. The Morgan fingerprint density at radius 3 is 2.61 bits per heavy atom. The number of nitrogens with zero attached hydrogens (tertiary/aromatic N) is 3. The van der Waals surface area contributed by atoms with Crippen molar-refractivity contribution in [3.8, 4) is 0 Å². The van der Waals surface area contributed by atoms with Gasteiger partial charge in [0.05, 0.1) is 6.04 Å². The van der Waals surface area contributed by atoms with Crippen molar-refractivity contribution in [2.75, 3.05) is 0 Å². The number of tetrazole rings is 1. The number of nitrogens with one attached hydrogen (secondary N) is 2. The molecule has 8 nitrogen and oxygen atoms in total. The van der Waals surface area contributed by atoms with Gasteiger partial charge in [-0.15, -0.1) is 5.10 Å². The first-order valence-corrected chi connectivity index (χ1v) is 7.30. The molecule has 8 heteroatoms. The van der Waals surface area contributed by atoms with E-state index in [1.54, 1.807) is 20.8 Å². The number of aliphatic hydroxyl groups excluding tert-OH is 1. The highest BCUT2D eigenvalue weighted by Gasteiger charge is 2.28. The van der Waals surface area contributed by atoms with Gasteiger partial charge in [-0.25, -0.2) is 9.89 Å². The van der Waals surface area contributed by atoms with E-state index in [2.05, 4.69) is 25.9 Å². The van der Waals surface area contributed by atoms with Gasteiger partial charge in [0, 0.05) is 0 Å². The van der Waals surface area contributed by atoms with E-state index in [1.165, 1.54) is 0 Å². The topological polar surface area (TPSA) is 113 Å². The number of aromatic amines is 1. The first kappa shape index (κ1) is 16.9. The summed E-state index contributed by atoms with van der Waals surface area (Å²) in [6.45, 7) is 5.32. The molecule has 1 amide bonds. The maximum atomic E-state index is 12.0. The maximum Gasteiger partial charge on any atom is 0.407 e. The van der Waals surface area contributed by atoms with Gasteiger partial charge in [-0.05, 0) is 43.2 Å². The summed E-state index contributed by atoms with van der Waals surface area (Å²) < 4.78 is 5.25. The second kappa shape index (κ2) is 7.19. The van der Waals surface area contributed by atoms with Gasteiger partial charge in [-0.2, -0.15) is 0 Å². The van der Waals surface area contributed by atoms with Crippen LogP contribution >= 0.6 is 0 Å². The molecule has 0 aliphatic heterocycles.